The first-order chi connectivity index (χ1) is 17.0. The third-order valence-electron chi connectivity index (χ3n) is 5.60. The number of H-pyrrole nitrogens is 1. The monoisotopic (exact) mass is 470 g/mol. The lowest BCUT2D eigenvalue weighted by atomic mass is 10.0. The predicted octanol–water partition coefficient (Wildman–Crippen LogP) is 3.91. The lowest BCUT2D eigenvalue weighted by molar-refractivity contribution is -0.145. The van der Waals surface area contributed by atoms with Gasteiger partial charge >= 0.3 is 5.97 Å². The molecule has 0 spiro atoms. The third kappa shape index (κ3) is 5.33. The Balaban J connectivity index is 1.57. The van der Waals surface area contributed by atoms with Crippen LogP contribution in [0.3, 0.4) is 0 Å². The topological polar surface area (TPSA) is 126 Å². The van der Waals surface area contributed by atoms with Crippen LogP contribution in [0.15, 0.2) is 79.0 Å². The molecule has 1 heterocycles. The zero-order chi connectivity index (χ0) is 24.8. The fourth-order valence-electron chi connectivity index (χ4n) is 3.88. The first kappa shape index (κ1) is 23.6. The van der Waals surface area contributed by atoms with Gasteiger partial charge in [0.2, 0.25) is 0 Å². The van der Waals surface area contributed by atoms with Crippen molar-refractivity contribution >= 4 is 40.1 Å². The average molecular weight is 471 g/mol. The number of hydrogen-bond acceptors (Lipinski definition) is 5. The number of fused-ring (bicyclic) bond motifs is 1. The van der Waals surface area contributed by atoms with E-state index in [9.17, 15) is 14.4 Å². The van der Waals surface area contributed by atoms with Crippen LogP contribution in [0.4, 0.5) is 11.4 Å². The van der Waals surface area contributed by atoms with Crippen molar-refractivity contribution in [1.82, 2.24) is 10.3 Å². The molecule has 35 heavy (non-hydrogen) atoms. The number of esters is 1. The maximum atomic E-state index is 13.3. The molecule has 0 saturated heterocycles. The van der Waals surface area contributed by atoms with Gasteiger partial charge in [-0.3, -0.25) is 9.59 Å². The quantitative estimate of drug-likeness (QED) is 0.229. The summed E-state index contributed by atoms with van der Waals surface area (Å²) in [6, 6.07) is 20.0. The maximum Gasteiger partial charge on any atom is 0.328 e. The Morgan fingerprint density at radius 1 is 0.914 bits per heavy atom. The van der Waals surface area contributed by atoms with E-state index in [0.29, 0.717) is 16.9 Å². The highest BCUT2D eigenvalue weighted by molar-refractivity contribution is 6.11. The van der Waals surface area contributed by atoms with Gasteiger partial charge < -0.3 is 26.1 Å². The fraction of sp³-hybridized carbons (Fsp3) is 0.148. The highest BCUT2D eigenvalue weighted by atomic mass is 16.5. The van der Waals surface area contributed by atoms with Gasteiger partial charge in [-0.1, -0.05) is 42.5 Å². The van der Waals surface area contributed by atoms with Gasteiger partial charge in [0.15, 0.2) is 0 Å². The Morgan fingerprint density at radius 3 is 2.37 bits per heavy atom. The number of benzene rings is 3. The Morgan fingerprint density at radius 2 is 1.60 bits per heavy atom. The fourth-order valence-corrected chi connectivity index (χ4v) is 3.88. The first-order valence-corrected chi connectivity index (χ1v) is 11.2. The molecular weight excluding hydrogens is 444 g/mol. The standard InChI is InChI=1S/C27H26N4O4/c1-2-35-27(34)24(15-17-16-29-22-13-7-4-9-18(17)22)31-26(33)20-11-5-8-14-23(20)30-25(32)19-10-3-6-12-21(19)28/h3-14,16,24,29H,2,15,28H2,1H3,(H,30,32)(H,31,33). The van der Waals surface area contributed by atoms with Gasteiger partial charge in [0.1, 0.15) is 6.04 Å². The number of hydrogen-bond donors (Lipinski definition) is 4. The van der Waals surface area contributed by atoms with Crippen LogP contribution in [0.5, 0.6) is 0 Å². The molecule has 0 radical (unpaired) electrons. The summed E-state index contributed by atoms with van der Waals surface area (Å²) in [5.74, 6) is -1.49. The largest absolute Gasteiger partial charge is 0.464 e. The van der Waals surface area contributed by atoms with E-state index in [0.717, 1.165) is 16.5 Å². The number of rotatable bonds is 8. The van der Waals surface area contributed by atoms with Crippen LogP contribution in [0.25, 0.3) is 10.9 Å². The zero-order valence-electron chi connectivity index (χ0n) is 19.2. The van der Waals surface area contributed by atoms with Crippen molar-refractivity contribution in [3.05, 3.63) is 95.7 Å². The number of ether oxygens (including phenoxy) is 1. The molecule has 1 unspecified atom stereocenters. The summed E-state index contributed by atoms with van der Waals surface area (Å²) in [6.45, 7) is 1.90. The minimum atomic E-state index is -0.921. The van der Waals surface area contributed by atoms with Crippen molar-refractivity contribution in [2.75, 3.05) is 17.7 Å². The van der Waals surface area contributed by atoms with Crippen molar-refractivity contribution < 1.29 is 19.1 Å². The second kappa shape index (κ2) is 10.6. The van der Waals surface area contributed by atoms with Crippen LogP contribution in [-0.2, 0) is 16.0 Å². The summed E-state index contributed by atoms with van der Waals surface area (Å²) in [4.78, 5) is 41.9. The molecule has 8 heteroatoms. The molecule has 4 aromatic rings. The minimum absolute atomic E-state index is 0.185. The number of para-hydroxylation sites is 3. The van der Waals surface area contributed by atoms with E-state index in [2.05, 4.69) is 15.6 Å². The maximum absolute atomic E-state index is 13.3. The van der Waals surface area contributed by atoms with Gasteiger partial charge in [0.25, 0.3) is 11.8 Å². The van der Waals surface area contributed by atoms with Gasteiger partial charge in [0, 0.05) is 29.2 Å². The summed E-state index contributed by atoms with van der Waals surface area (Å²) >= 11 is 0. The number of aromatic amines is 1. The molecule has 0 aliphatic heterocycles. The number of carbonyl (C=O) groups excluding carboxylic acids is 3. The molecule has 178 valence electrons. The van der Waals surface area contributed by atoms with Crippen molar-refractivity contribution in [1.29, 1.82) is 0 Å². The molecule has 4 rings (SSSR count). The normalized spacial score (nSPS) is 11.6. The highest BCUT2D eigenvalue weighted by Gasteiger charge is 2.25. The third-order valence-corrected chi connectivity index (χ3v) is 5.60. The van der Waals surface area contributed by atoms with E-state index in [1.54, 1.807) is 55.5 Å². The van der Waals surface area contributed by atoms with E-state index >= 15 is 0 Å². The lowest BCUT2D eigenvalue weighted by Crippen LogP contribution is -2.43. The molecule has 5 N–H and O–H groups in total. The molecule has 2 amide bonds. The molecule has 1 aromatic heterocycles. The minimum Gasteiger partial charge on any atom is -0.464 e. The molecule has 0 aliphatic carbocycles. The van der Waals surface area contributed by atoms with Crippen molar-refractivity contribution in [3.63, 3.8) is 0 Å². The highest BCUT2D eigenvalue weighted by Crippen LogP contribution is 2.21. The van der Waals surface area contributed by atoms with Gasteiger partial charge in [-0.15, -0.1) is 0 Å². The Hall–Kier alpha value is -4.59. The van der Waals surface area contributed by atoms with E-state index < -0.39 is 23.8 Å². The molecule has 3 aromatic carbocycles. The van der Waals surface area contributed by atoms with Gasteiger partial charge in [-0.2, -0.15) is 0 Å². The summed E-state index contributed by atoms with van der Waals surface area (Å²) in [5, 5.41) is 6.49. The van der Waals surface area contributed by atoms with Gasteiger partial charge in [-0.05, 0) is 42.8 Å². The summed E-state index contributed by atoms with van der Waals surface area (Å²) in [5.41, 5.74) is 8.86. The summed E-state index contributed by atoms with van der Waals surface area (Å²) < 4.78 is 5.22. The first-order valence-electron chi connectivity index (χ1n) is 11.2. The number of aromatic nitrogens is 1. The van der Waals surface area contributed by atoms with Crippen LogP contribution in [-0.4, -0.2) is 35.4 Å². The molecular formula is C27H26N4O4. The Bertz CT molecular complexity index is 1380. The van der Waals surface area contributed by atoms with Gasteiger partial charge in [0.05, 0.1) is 23.4 Å². The van der Waals surface area contributed by atoms with Crippen LogP contribution in [0.2, 0.25) is 0 Å². The van der Waals surface area contributed by atoms with Crippen LogP contribution < -0.4 is 16.4 Å². The van der Waals surface area contributed by atoms with E-state index in [1.165, 1.54) is 0 Å². The lowest BCUT2D eigenvalue weighted by Gasteiger charge is -2.18. The number of amides is 2. The van der Waals surface area contributed by atoms with E-state index in [4.69, 9.17) is 10.5 Å². The molecule has 0 fully saturated rings. The van der Waals surface area contributed by atoms with Crippen LogP contribution in [0.1, 0.15) is 33.2 Å². The average Bonchev–Trinajstić information content (AvgIpc) is 3.27. The molecule has 0 aliphatic rings. The van der Waals surface area contributed by atoms with Crippen LogP contribution >= 0.6 is 0 Å². The zero-order valence-corrected chi connectivity index (χ0v) is 19.2. The predicted molar refractivity (Wildman–Crippen MR) is 135 cm³/mol. The van der Waals surface area contributed by atoms with Gasteiger partial charge in [-0.25, -0.2) is 4.79 Å². The number of carbonyl (C=O) groups is 3. The van der Waals surface area contributed by atoms with E-state index in [-0.39, 0.29) is 18.6 Å². The number of anilines is 2. The summed E-state index contributed by atoms with van der Waals surface area (Å²) in [6.07, 6.45) is 2.06. The molecule has 1 atom stereocenters. The smallest absolute Gasteiger partial charge is 0.328 e. The van der Waals surface area contributed by atoms with Crippen molar-refractivity contribution in [2.45, 2.75) is 19.4 Å². The van der Waals surface area contributed by atoms with Crippen molar-refractivity contribution in [2.24, 2.45) is 0 Å². The Labute approximate surface area is 202 Å². The van der Waals surface area contributed by atoms with Crippen LogP contribution in [0, 0.1) is 0 Å². The van der Waals surface area contributed by atoms with E-state index in [1.807, 2.05) is 30.5 Å². The number of nitrogens with one attached hydrogen (secondary N) is 3. The number of nitrogens with two attached hydrogens (primary N) is 1. The van der Waals surface area contributed by atoms with Crippen molar-refractivity contribution in [3.8, 4) is 0 Å². The summed E-state index contributed by atoms with van der Waals surface area (Å²) in [7, 11) is 0. The second-order valence-electron chi connectivity index (χ2n) is 7.93. The second-order valence-corrected chi connectivity index (χ2v) is 7.93. The SMILES string of the molecule is CCOC(=O)C(Cc1c[nH]c2ccccc12)NC(=O)c1ccccc1NC(=O)c1ccccc1N. The number of nitrogen functional groups attached to an aromatic ring is 1. The molecule has 8 nitrogen and oxygen atoms in total. The molecule has 0 saturated carbocycles. The Kier molecular flexibility index (Phi) is 7.11. The molecule has 0 bridgehead atoms.